The van der Waals surface area contributed by atoms with Crippen LogP contribution in [0.5, 0.6) is 11.5 Å². The number of pyridine rings is 1. The van der Waals surface area contributed by atoms with E-state index in [1.807, 2.05) is 4.90 Å². The zero-order valence-electron chi connectivity index (χ0n) is 27.2. The molecule has 1 atom stereocenters. The molecule has 0 radical (unpaired) electrons. The number of nitrogens with zero attached hydrogens (tertiary/aromatic N) is 4. The number of rotatable bonds is 7. The Hall–Kier alpha value is -3.48. The molecule has 1 unspecified atom stereocenters. The number of piperazine rings is 1. The van der Waals surface area contributed by atoms with Gasteiger partial charge in [-0.3, -0.25) is 9.88 Å². The molecule has 0 amide bonds. The number of ether oxygens (including phenoxy) is 2. The number of nitriles is 1. The molecule has 8 nitrogen and oxygen atoms in total. The van der Waals surface area contributed by atoms with Gasteiger partial charge < -0.3 is 24.1 Å². The molecule has 10 heteroatoms. The largest absolute Gasteiger partial charge is 0.496 e. The highest BCUT2D eigenvalue weighted by Crippen LogP contribution is 2.41. The summed E-state index contributed by atoms with van der Waals surface area (Å²) in [7, 11) is -1.26. The van der Waals surface area contributed by atoms with Crippen LogP contribution in [0.25, 0.3) is 22.0 Å². The second kappa shape index (κ2) is 11.1. The molecule has 196 valence electrons. The maximum Gasteiger partial charge on any atom is 0.139 e. The minimum absolute atomic E-state index is 0.000320. The van der Waals surface area contributed by atoms with Crippen molar-refractivity contribution in [2.24, 2.45) is 0 Å². The van der Waals surface area contributed by atoms with Crippen LogP contribution in [0.1, 0.15) is 20.9 Å². The first kappa shape index (κ1) is 18.7. The Morgan fingerprint density at radius 2 is 1.97 bits per heavy atom. The summed E-state index contributed by atoms with van der Waals surface area (Å²) < 4.78 is 70.3. The van der Waals surface area contributed by atoms with E-state index < -0.39 is 20.5 Å². The van der Waals surface area contributed by atoms with Crippen molar-refractivity contribution in [2.75, 3.05) is 52.6 Å². The van der Waals surface area contributed by atoms with E-state index in [9.17, 15) is 5.26 Å². The average Bonchev–Trinajstić information content (AvgIpc) is 3.48. The Morgan fingerprint density at radius 1 is 1.13 bits per heavy atom. The molecule has 1 N–H and O–H groups in total. The Bertz CT molecular complexity index is 1770. The molecule has 1 aliphatic rings. The van der Waals surface area contributed by atoms with Crippen molar-refractivity contribution in [1.29, 1.82) is 5.26 Å². The summed E-state index contributed by atoms with van der Waals surface area (Å²) in [6, 6.07) is 9.97. The van der Waals surface area contributed by atoms with Gasteiger partial charge in [0.25, 0.3) is 0 Å². The quantitative estimate of drug-likeness (QED) is 0.287. The standard InChI is InChI=1S/C28H27Cl2N5O3/c1-34-4-6-35(7-5-34)15-19-8-17(16-38-19)20-9-24-21(10-26(20)36-2)28(18(13-31)14-32-24)33-25-12-27(37-3)23(30)11-22(25)29/h8-12,14,16H,4-7,15H2,1-3H3,(H,32,33)/i1D3,3D3,15D. The molecular formula is C28H27Cl2N5O3. The second-order valence-electron chi connectivity index (χ2n) is 8.61. The van der Waals surface area contributed by atoms with Crippen LogP contribution in [0.4, 0.5) is 11.4 Å². The number of anilines is 2. The van der Waals surface area contributed by atoms with Gasteiger partial charge in [-0.05, 0) is 31.2 Å². The van der Waals surface area contributed by atoms with Crippen LogP contribution in [-0.2, 0) is 6.52 Å². The van der Waals surface area contributed by atoms with Crippen LogP contribution in [0.15, 0.2) is 47.2 Å². The zero-order chi connectivity index (χ0) is 32.7. The number of benzene rings is 2. The van der Waals surface area contributed by atoms with Crippen LogP contribution in [0, 0.1) is 11.3 Å². The van der Waals surface area contributed by atoms with Gasteiger partial charge >= 0.3 is 0 Å². The van der Waals surface area contributed by atoms with Gasteiger partial charge in [0.2, 0.25) is 0 Å². The number of hydrogen-bond donors (Lipinski definition) is 1. The van der Waals surface area contributed by atoms with Gasteiger partial charge in [-0.1, -0.05) is 23.2 Å². The Balaban J connectivity index is 1.47. The maximum absolute atomic E-state index is 9.87. The van der Waals surface area contributed by atoms with Gasteiger partial charge in [-0.15, -0.1) is 0 Å². The highest BCUT2D eigenvalue weighted by molar-refractivity contribution is 6.37. The number of hydrogen-bond acceptors (Lipinski definition) is 8. The molecule has 38 heavy (non-hydrogen) atoms. The minimum Gasteiger partial charge on any atom is -0.496 e. The van der Waals surface area contributed by atoms with Crippen molar-refractivity contribution in [2.45, 2.75) is 6.52 Å². The van der Waals surface area contributed by atoms with Crippen molar-refractivity contribution in [3.63, 3.8) is 0 Å². The first-order valence-electron chi connectivity index (χ1n) is 15.1. The highest BCUT2D eigenvalue weighted by atomic mass is 35.5. The van der Waals surface area contributed by atoms with E-state index in [1.54, 1.807) is 18.2 Å². The van der Waals surface area contributed by atoms with E-state index in [-0.39, 0.29) is 27.0 Å². The van der Waals surface area contributed by atoms with Crippen molar-refractivity contribution < 1.29 is 23.5 Å². The van der Waals surface area contributed by atoms with Gasteiger partial charge in [0.05, 0.1) is 64.9 Å². The summed E-state index contributed by atoms with van der Waals surface area (Å²) in [5.41, 5.74) is 2.51. The summed E-state index contributed by atoms with van der Waals surface area (Å²) in [6.45, 7) is -1.54. The fraction of sp³-hybridized carbons (Fsp3) is 0.286. The lowest BCUT2D eigenvalue weighted by Gasteiger charge is -2.31. The predicted molar refractivity (Wildman–Crippen MR) is 150 cm³/mol. The Labute approximate surface area is 241 Å². The van der Waals surface area contributed by atoms with Gasteiger partial charge in [-0.25, -0.2) is 0 Å². The Morgan fingerprint density at radius 3 is 2.71 bits per heavy atom. The number of halogens is 2. The number of fused-ring (bicyclic) bond motifs is 1. The van der Waals surface area contributed by atoms with Crippen molar-refractivity contribution >= 4 is 45.5 Å². The first-order valence-corrected chi connectivity index (χ1v) is 12.3. The molecule has 2 aromatic carbocycles. The number of aromatic nitrogens is 1. The van der Waals surface area contributed by atoms with Crippen LogP contribution >= 0.6 is 23.2 Å². The molecule has 0 bridgehead atoms. The van der Waals surface area contributed by atoms with E-state index >= 15 is 0 Å². The molecule has 5 rings (SSSR count). The van der Waals surface area contributed by atoms with Gasteiger partial charge in [0.15, 0.2) is 0 Å². The monoisotopic (exact) mass is 558 g/mol. The van der Waals surface area contributed by atoms with E-state index in [2.05, 4.69) is 16.4 Å². The summed E-state index contributed by atoms with van der Waals surface area (Å²) in [6.07, 6.45) is 2.91. The lowest BCUT2D eigenvalue weighted by Crippen LogP contribution is -2.43. The summed E-state index contributed by atoms with van der Waals surface area (Å²) >= 11 is 12.6. The second-order valence-corrected chi connectivity index (χ2v) is 9.42. The Kier molecular flexibility index (Phi) is 5.47. The smallest absolute Gasteiger partial charge is 0.139 e. The molecule has 1 aliphatic heterocycles. The zero-order valence-corrected chi connectivity index (χ0v) is 21.7. The SMILES string of the molecule is [2H]C(c1cc(-c2cc3ncc(C#N)c(Nc4cc(OC([2H])([2H])[2H])c(Cl)cc4Cl)c3cc2OC)co1)N1CCN(C([2H])([2H])[2H])CC1. The number of nitrogens with one attached hydrogen (secondary N) is 1. The van der Waals surface area contributed by atoms with Gasteiger partial charge in [0.1, 0.15) is 23.3 Å². The van der Waals surface area contributed by atoms with E-state index in [1.165, 1.54) is 36.6 Å². The summed E-state index contributed by atoms with van der Waals surface area (Å²) in [5, 5.41) is 13.6. The van der Waals surface area contributed by atoms with Gasteiger partial charge in [-0.2, -0.15) is 5.26 Å². The molecule has 1 saturated heterocycles. The maximum atomic E-state index is 9.87. The predicted octanol–water partition coefficient (Wildman–Crippen LogP) is 6.18. The molecule has 0 aliphatic carbocycles. The molecule has 0 saturated carbocycles. The molecule has 4 aromatic rings. The lowest BCUT2D eigenvalue weighted by atomic mass is 10.0. The highest BCUT2D eigenvalue weighted by Gasteiger charge is 2.19. The van der Waals surface area contributed by atoms with Crippen LogP contribution < -0.4 is 14.8 Å². The van der Waals surface area contributed by atoms with E-state index in [0.29, 0.717) is 65.4 Å². The molecule has 0 spiro atoms. The fourth-order valence-corrected chi connectivity index (χ4v) is 4.73. The normalized spacial score (nSPS) is 18.6. The molecule has 2 aromatic heterocycles. The third-order valence-electron chi connectivity index (χ3n) is 6.26. The van der Waals surface area contributed by atoms with Crippen LogP contribution in [0.2, 0.25) is 10.0 Å². The summed E-state index contributed by atoms with van der Waals surface area (Å²) in [4.78, 5) is 7.73. The van der Waals surface area contributed by atoms with Crippen molar-refractivity contribution in [3.8, 4) is 28.7 Å². The topological polar surface area (TPSA) is 86.8 Å². The fourth-order valence-electron chi connectivity index (χ4n) is 4.26. The third kappa shape index (κ3) is 5.24. The van der Waals surface area contributed by atoms with Crippen LogP contribution in [0.3, 0.4) is 0 Å². The average molecular weight is 560 g/mol. The van der Waals surface area contributed by atoms with Crippen LogP contribution in [-0.4, -0.2) is 62.1 Å². The molecule has 1 fully saturated rings. The van der Waals surface area contributed by atoms with Crippen molar-refractivity contribution in [1.82, 2.24) is 14.8 Å². The number of methoxy groups -OCH3 is 2. The number of likely N-dealkylation sites (N-methyl/N-ethyl adjacent to an activating group) is 1. The van der Waals surface area contributed by atoms with E-state index in [0.717, 1.165) is 0 Å². The van der Waals surface area contributed by atoms with Gasteiger partial charge in [0, 0.05) is 59.1 Å². The molecule has 3 heterocycles. The molecular weight excluding hydrogens is 525 g/mol. The first-order chi connectivity index (χ1) is 21.2. The van der Waals surface area contributed by atoms with Crippen molar-refractivity contribution in [3.05, 3.63) is 64.2 Å². The third-order valence-corrected chi connectivity index (χ3v) is 6.86. The van der Waals surface area contributed by atoms with E-state index in [4.69, 9.17) is 46.7 Å². The summed E-state index contributed by atoms with van der Waals surface area (Å²) in [5.74, 6) is 0.691. The lowest BCUT2D eigenvalue weighted by molar-refractivity contribution is 0.140. The minimum atomic E-state index is -2.75. The number of furan rings is 1.